The number of aliphatic hydroxyl groups excluding tert-OH is 1. The molecule has 4 heteroatoms. The third-order valence-corrected chi connectivity index (χ3v) is 7.10. The third kappa shape index (κ3) is 27.5. The average Bonchev–Trinajstić information content (AvgIpc) is 2.85. The molecule has 4 nitrogen and oxygen atoms in total. The molecule has 0 saturated heterocycles. The Bertz CT molecular complexity index is 466. The number of aliphatic hydroxyl groups is 1. The smallest absolute Gasteiger partial charge is 0.219 e. The predicted octanol–water partition coefficient (Wildman–Crippen LogP) is 8.82. The third-order valence-electron chi connectivity index (χ3n) is 7.10. The first-order valence-corrected chi connectivity index (χ1v) is 15.6. The summed E-state index contributed by atoms with van der Waals surface area (Å²) in [6.45, 7) is 5.09. The number of hydrogen-bond acceptors (Lipinski definition) is 3. The van der Waals surface area contributed by atoms with Gasteiger partial charge in [-0.1, -0.05) is 123 Å². The predicted molar refractivity (Wildman–Crippen MR) is 151 cm³/mol. The van der Waals surface area contributed by atoms with Gasteiger partial charge >= 0.3 is 0 Å². The molecule has 0 saturated carbocycles. The van der Waals surface area contributed by atoms with E-state index in [1.165, 1.54) is 96.3 Å². The number of carbonyl (C=O) groups is 2. The van der Waals surface area contributed by atoms with E-state index >= 15 is 0 Å². The Morgan fingerprint density at radius 3 is 1.49 bits per heavy atom. The first-order valence-electron chi connectivity index (χ1n) is 15.6. The second-order valence-electron chi connectivity index (χ2n) is 10.7. The fraction of sp³-hybridized carbons (Fsp3) is 0.935. The Hall–Kier alpha value is -0.900. The summed E-state index contributed by atoms with van der Waals surface area (Å²) in [6.07, 6.45) is 27.7. The van der Waals surface area contributed by atoms with Crippen molar-refractivity contribution in [2.45, 2.75) is 180 Å². The largest absolute Gasteiger partial charge is 0.393 e. The van der Waals surface area contributed by atoms with Crippen molar-refractivity contribution in [3.63, 3.8) is 0 Å². The molecule has 0 aliphatic rings. The van der Waals surface area contributed by atoms with Crippen molar-refractivity contribution in [3.8, 4) is 0 Å². The summed E-state index contributed by atoms with van der Waals surface area (Å²) in [7, 11) is 0. The molecule has 35 heavy (non-hydrogen) atoms. The molecule has 1 unspecified atom stereocenters. The molecule has 1 atom stereocenters. The highest BCUT2D eigenvalue weighted by Gasteiger charge is 2.05. The monoisotopic (exact) mass is 495 g/mol. The Morgan fingerprint density at radius 1 is 0.543 bits per heavy atom. The SMILES string of the molecule is CCCCCCCCCC(=O)CCCNC(=O)CCCCCCCCCCC(O)CCCCCC. The van der Waals surface area contributed by atoms with E-state index in [2.05, 4.69) is 19.2 Å². The Kier molecular flexibility index (Phi) is 27.0. The van der Waals surface area contributed by atoms with Gasteiger partial charge in [-0.25, -0.2) is 0 Å². The Balaban J connectivity index is 3.33. The van der Waals surface area contributed by atoms with E-state index in [1.807, 2.05) is 0 Å². The molecule has 0 heterocycles. The number of ketones is 1. The van der Waals surface area contributed by atoms with Crippen molar-refractivity contribution < 1.29 is 14.7 Å². The second kappa shape index (κ2) is 27.7. The molecule has 0 rings (SSSR count). The molecule has 0 bridgehead atoms. The standard InChI is InChI=1S/C31H61NO3/c1-3-5-7-9-12-15-20-25-30(34)26-22-28-32-31(35)27-21-17-14-11-10-13-16-19-24-29(33)23-18-8-6-4-2/h29,33H,3-28H2,1-2H3,(H,32,35). The second-order valence-corrected chi connectivity index (χ2v) is 10.7. The van der Waals surface area contributed by atoms with Crippen LogP contribution in [0.15, 0.2) is 0 Å². The van der Waals surface area contributed by atoms with Gasteiger partial charge in [-0.3, -0.25) is 9.59 Å². The lowest BCUT2D eigenvalue weighted by Gasteiger charge is -2.10. The zero-order valence-electron chi connectivity index (χ0n) is 23.7. The van der Waals surface area contributed by atoms with Gasteiger partial charge in [0.05, 0.1) is 6.10 Å². The van der Waals surface area contributed by atoms with Gasteiger partial charge in [0.1, 0.15) is 5.78 Å². The van der Waals surface area contributed by atoms with E-state index in [1.54, 1.807) is 0 Å². The first-order chi connectivity index (χ1) is 17.1. The number of nitrogens with one attached hydrogen (secondary N) is 1. The number of unbranched alkanes of at least 4 members (excludes halogenated alkanes) is 16. The van der Waals surface area contributed by atoms with Crippen LogP contribution in [0, 0.1) is 0 Å². The summed E-state index contributed by atoms with van der Waals surface area (Å²) in [5.74, 6) is 0.490. The molecule has 0 aliphatic heterocycles. The van der Waals surface area contributed by atoms with Crippen molar-refractivity contribution in [1.29, 1.82) is 0 Å². The molecule has 0 fully saturated rings. The van der Waals surface area contributed by atoms with Crippen LogP contribution < -0.4 is 5.32 Å². The molecule has 0 aliphatic carbocycles. The van der Waals surface area contributed by atoms with Gasteiger partial charge in [0.25, 0.3) is 0 Å². The highest BCUT2D eigenvalue weighted by molar-refractivity contribution is 5.78. The summed E-state index contributed by atoms with van der Waals surface area (Å²) >= 11 is 0. The van der Waals surface area contributed by atoms with Crippen LogP contribution in [0.4, 0.5) is 0 Å². The van der Waals surface area contributed by atoms with Crippen LogP contribution in [-0.4, -0.2) is 29.4 Å². The lowest BCUT2D eigenvalue weighted by molar-refractivity contribution is -0.122. The number of carbonyl (C=O) groups excluding carboxylic acids is 2. The summed E-state index contributed by atoms with van der Waals surface area (Å²) in [6, 6.07) is 0. The molecule has 208 valence electrons. The maximum absolute atomic E-state index is 12.0. The molecular formula is C31H61NO3. The highest BCUT2D eigenvalue weighted by Crippen LogP contribution is 2.14. The van der Waals surface area contributed by atoms with Gasteiger partial charge < -0.3 is 10.4 Å². The number of hydrogen-bond donors (Lipinski definition) is 2. The lowest BCUT2D eigenvalue weighted by Crippen LogP contribution is -2.24. The van der Waals surface area contributed by atoms with Crippen molar-refractivity contribution in [2.24, 2.45) is 0 Å². The van der Waals surface area contributed by atoms with Gasteiger partial charge in [-0.15, -0.1) is 0 Å². The lowest BCUT2D eigenvalue weighted by atomic mass is 10.0. The molecular weight excluding hydrogens is 434 g/mol. The van der Waals surface area contributed by atoms with Crippen LogP contribution in [0.25, 0.3) is 0 Å². The maximum Gasteiger partial charge on any atom is 0.219 e. The summed E-state index contributed by atoms with van der Waals surface area (Å²) in [5.41, 5.74) is 0. The van der Waals surface area contributed by atoms with E-state index in [0.717, 1.165) is 44.9 Å². The minimum absolute atomic E-state index is 0.0894. The van der Waals surface area contributed by atoms with Crippen LogP contribution >= 0.6 is 0 Å². The fourth-order valence-electron chi connectivity index (χ4n) is 4.68. The minimum atomic E-state index is -0.0894. The summed E-state index contributed by atoms with van der Waals surface area (Å²) < 4.78 is 0. The van der Waals surface area contributed by atoms with Crippen LogP contribution in [0.5, 0.6) is 0 Å². The zero-order valence-corrected chi connectivity index (χ0v) is 23.7. The number of rotatable bonds is 28. The summed E-state index contributed by atoms with van der Waals surface area (Å²) in [4.78, 5) is 23.9. The quantitative estimate of drug-likeness (QED) is 0.107. The first kappa shape index (κ1) is 34.1. The van der Waals surface area contributed by atoms with E-state index in [-0.39, 0.29) is 12.0 Å². The van der Waals surface area contributed by atoms with Gasteiger partial charge in [-0.05, 0) is 32.1 Å². The van der Waals surface area contributed by atoms with Gasteiger partial charge in [0.2, 0.25) is 5.91 Å². The van der Waals surface area contributed by atoms with Gasteiger partial charge in [-0.2, -0.15) is 0 Å². The molecule has 0 aromatic rings. The van der Waals surface area contributed by atoms with Crippen LogP contribution in [-0.2, 0) is 9.59 Å². The Labute approximate surface area is 218 Å². The van der Waals surface area contributed by atoms with Gasteiger partial charge in [0, 0.05) is 25.8 Å². The zero-order chi connectivity index (χ0) is 25.8. The molecule has 2 N–H and O–H groups in total. The summed E-state index contributed by atoms with van der Waals surface area (Å²) in [5, 5.41) is 13.0. The molecule has 1 amide bonds. The van der Waals surface area contributed by atoms with Crippen LogP contribution in [0.1, 0.15) is 174 Å². The topological polar surface area (TPSA) is 66.4 Å². The van der Waals surface area contributed by atoms with Crippen molar-refractivity contribution in [1.82, 2.24) is 5.32 Å². The molecule has 0 radical (unpaired) electrons. The van der Waals surface area contributed by atoms with Crippen molar-refractivity contribution in [2.75, 3.05) is 6.54 Å². The molecule has 0 aromatic carbocycles. The Morgan fingerprint density at radius 2 is 0.943 bits per heavy atom. The fourth-order valence-corrected chi connectivity index (χ4v) is 4.68. The highest BCUT2D eigenvalue weighted by atomic mass is 16.3. The van der Waals surface area contributed by atoms with E-state index in [0.29, 0.717) is 31.6 Å². The molecule has 0 spiro atoms. The van der Waals surface area contributed by atoms with Crippen LogP contribution in [0.3, 0.4) is 0 Å². The van der Waals surface area contributed by atoms with E-state index < -0.39 is 0 Å². The van der Waals surface area contributed by atoms with Crippen LogP contribution in [0.2, 0.25) is 0 Å². The van der Waals surface area contributed by atoms with E-state index in [9.17, 15) is 14.7 Å². The minimum Gasteiger partial charge on any atom is -0.393 e. The van der Waals surface area contributed by atoms with E-state index in [4.69, 9.17) is 0 Å². The average molecular weight is 496 g/mol. The van der Waals surface area contributed by atoms with Gasteiger partial charge in [0.15, 0.2) is 0 Å². The number of Topliss-reactive ketones (excluding diaryl/α,β-unsaturated/α-hetero) is 1. The van der Waals surface area contributed by atoms with Crippen molar-refractivity contribution in [3.05, 3.63) is 0 Å². The maximum atomic E-state index is 12.0. The number of amides is 1. The normalized spacial score (nSPS) is 12.1. The van der Waals surface area contributed by atoms with Crippen molar-refractivity contribution >= 4 is 11.7 Å². The molecule has 0 aromatic heterocycles.